The molecule has 0 aromatic carbocycles. The van der Waals surface area contributed by atoms with E-state index in [-0.39, 0.29) is 23.9 Å². The monoisotopic (exact) mass is 147 g/mol. The normalized spacial score (nSPS) is 13.2. The number of terminal acetylenes is 1. The molecular formula is C7H14ClN. The van der Waals surface area contributed by atoms with E-state index in [1.54, 1.807) is 0 Å². The lowest BCUT2D eigenvalue weighted by molar-refractivity contribution is 0.375. The maximum Gasteiger partial charge on any atom is 0.0711 e. The van der Waals surface area contributed by atoms with Crippen LogP contribution in [0, 0.1) is 17.8 Å². The van der Waals surface area contributed by atoms with E-state index in [1.807, 2.05) is 20.8 Å². The summed E-state index contributed by atoms with van der Waals surface area (Å²) < 4.78 is 0. The van der Waals surface area contributed by atoms with E-state index in [1.165, 1.54) is 0 Å². The van der Waals surface area contributed by atoms with E-state index in [4.69, 9.17) is 12.2 Å². The van der Waals surface area contributed by atoms with Gasteiger partial charge in [-0.25, -0.2) is 0 Å². The molecule has 54 valence electrons. The second-order valence-electron chi connectivity index (χ2n) is 3.01. The minimum absolute atomic E-state index is 0. The molecule has 0 saturated carbocycles. The molecule has 0 rings (SSSR count). The summed E-state index contributed by atoms with van der Waals surface area (Å²) in [6, 6.07) is -0.123. The average Bonchev–Trinajstić information content (AvgIpc) is 1.62. The van der Waals surface area contributed by atoms with Crippen molar-refractivity contribution < 1.29 is 0 Å². The smallest absolute Gasteiger partial charge is 0.0711 e. The molecule has 1 atom stereocenters. The van der Waals surface area contributed by atoms with Crippen molar-refractivity contribution in [3.05, 3.63) is 0 Å². The van der Waals surface area contributed by atoms with Gasteiger partial charge in [-0.3, -0.25) is 0 Å². The van der Waals surface area contributed by atoms with Crippen LogP contribution >= 0.6 is 12.4 Å². The first-order valence-corrected chi connectivity index (χ1v) is 2.70. The Bertz CT molecular complexity index is 107. The van der Waals surface area contributed by atoms with Crippen LogP contribution in [0.1, 0.15) is 20.8 Å². The van der Waals surface area contributed by atoms with Gasteiger partial charge in [0.1, 0.15) is 0 Å². The van der Waals surface area contributed by atoms with Crippen molar-refractivity contribution in [1.29, 1.82) is 0 Å². The second-order valence-corrected chi connectivity index (χ2v) is 3.01. The first-order chi connectivity index (χ1) is 3.48. The fourth-order valence-electron chi connectivity index (χ4n) is 0.250. The molecule has 0 aliphatic carbocycles. The van der Waals surface area contributed by atoms with Gasteiger partial charge < -0.3 is 5.73 Å². The lowest BCUT2D eigenvalue weighted by Crippen LogP contribution is -2.33. The second kappa shape index (κ2) is 3.76. The van der Waals surface area contributed by atoms with Crippen molar-refractivity contribution in [2.75, 3.05) is 0 Å². The van der Waals surface area contributed by atoms with Gasteiger partial charge in [0.25, 0.3) is 0 Å². The maximum atomic E-state index is 5.51. The van der Waals surface area contributed by atoms with Gasteiger partial charge in [-0.05, 0) is 5.41 Å². The molecule has 0 amide bonds. The summed E-state index contributed by atoms with van der Waals surface area (Å²) in [6.45, 7) is 6.08. The summed E-state index contributed by atoms with van der Waals surface area (Å²) >= 11 is 0. The molecule has 0 spiro atoms. The van der Waals surface area contributed by atoms with E-state index >= 15 is 0 Å². The van der Waals surface area contributed by atoms with Gasteiger partial charge in [0.05, 0.1) is 6.04 Å². The Hall–Kier alpha value is -0.190. The van der Waals surface area contributed by atoms with Crippen LogP contribution in [0.2, 0.25) is 0 Å². The Morgan fingerprint density at radius 3 is 1.78 bits per heavy atom. The van der Waals surface area contributed by atoms with E-state index < -0.39 is 0 Å². The summed E-state index contributed by atoms with van der Waals surface area (Å²) in [7, 11) is 0. The molecule has 1 unspecified atom stereocenters. The van der Waals surface area contributed by atoms with Crippen molar-refractivity contribution in [1.82, 2.24) is 0 Å². The number of hydrogen-bond donors (Lipinski definition) is 1. The molecule has 0 aliphatic rings. The van der Waals surface area contributed by atoms with Crippen molar-refractivity contribution in [2.45, 2.75) is 26.8 Å². The molecule has 0 saturated heterocycles. The lowest BCUT2D eigenvalue weighted by Gasteiger charge is -2.21. The van der Waals surface area contributed by atoms with Crippen LogP contribution in [-0.2, 0) is 0 Å². The van der Waals surface area contributed by atoms with E-state index in [2.05, 4.69) is 5.92 Å². The molecule has 0 radical (unpaired) electrons. The Balaban J connectivity index is 0. The van der Waals surface area contributed by atoms with Crippen molar-refractivity contribution in [3.63, 3.8) is 0 Å². The minimum atomic E-state index is -0.123. The van der Waals surface area contributed by atoms with Crippen molar-refractivity contribution in [2.24, 2.45) is 11.1 Å². The average molecular weight is 148 g/mol. The van der Waals surface area contributed by atoms with Gasteiger partial charge in [0, 0.05) is 0 Å². The molecule has 0 aromatic heterocycles. The lowest BCUT2D eigenvalue weighted by atomic mass is 9.88. The summed E-state index contributed by atoms with van der Waals surface area (Å²) in [5, 5.41) is 0. The molecule has 2 heteroatoms. The minimum Gasteiger partial charge on any atom is -0.317 e. The molecule has 2 N–H and O–H groups in total. The molecular weight excluding hydrogens is 134 g/mol. The van der Waals surface area contributed by atoms with E-state index in [0.717, 1.165) is 0 Å². The first-order valence-electron chi connectivity index (χ1n) is 2.70. The third-order valence-corrected chi connectivity index (χ3v) is 1.11. The molecule has 0 heterocycles. The Morgan fingerprint density at radius 2 is 1.78 bits per heavy atom. The SMILES string of the molecule is C#CC(N)C(C)(C)C.Cl. The zero-order chi connectivity index (χ0) is 6.78. The standard InChI is InChI=1S/C7H13N.ClH/c1-5-6(8)7(2,3)4;/h1,6H,8H2,2-4H3;1H. The third kappa shape index (κ3) is 4.32. The van der Waals surface area contributed by atoms with Crippen LogP contribution in [0.4, 0.5) is 0 Å². The third-order valence-electron chi connectivity index (χ3n) is 1.11. The number of rotatable bonds is 0. The Morgan fingerprint density at radius 1 is 1.44 bits per heavy atom. The molecule has 1 nitrogen and oxygen atoms in total. The molecule has 0 aliphatic heterocycles. The molecule has 0 aromatic rings. The molecule has 0 bridgehead atoms. The summed E-state index contributed by atoms with van der Waals surface area (Å²) in [4.78, 5) is 0. The maximum absolute atomic E-state index is 5.51. The van der Waals surface area contributed by atoms with Crippen LogP contribution in [0.5, 0.6) is 0 Å². The first kappa shape index (κ1) is 11.6. The number of hydrogen-bond acceptors (Lipinski definition) is 1. The predicted octanol–water partition coefficient (Wildman–Crippen LogP) is 1.41. The van der Waals surface area contributed by atoms with Gasteiger partial charge >= 0.3 is 0 Å². The Kier molecular flexibility index (Phi) is 4.85. The van der Waals surface area contributed by atoms with Gasteiger partial charge in [-0.2, -0.15) is 0 Å². The topological polar surface area (TPSA) is 26.0 Å². The number of nitrogens with two attached hydrogens (primary N) is 1. The van der Waals surface area contributed by atoms with E-state index in [9.17, 15) is 0 Å². The summed E-state index contributed by atoms with van der Waals surface area (Å²) in [6.07, 6.45) is 5.08. The van der Waals surface area contributed by atoms with Crippen LogP contribution in [0.3, 0.4) is 0 Å². The Labute approximate surface area is 63.4 Å². The van der Waals surface area contributed by atoms with Gasteiger partial charge in [0.2, 0.25) is 0 Å². The number of halogens is 1. The van der Waals surface area contributed by atoms with Gasteiger partial charge in [-0.1, -0.05) is 26.7 Å². The molecule has 0 fully saturated rings. The largest absolute Gasteiger partial charge is 0.317 e. The summed E-state index contributed by atoms with van der Waals surface area (Å²) in [5.41, 5.74) is 5.56. The van der Waals surface area contributed by atoms with Gasteiger partial charge in [-0.15, -0.1) is 18.8 Å². The van der Waals surface area contributed by atoms with Crippen LogP contribution in [-0.4, -0.2) is 6.04 Å². The zero-order valence-electron chi connectivity index (χ0n) is 6.14. The highest BCUT2D eigenvalue weighted by atomic mass is 35.5. The highest BCUT2D eigenvalue weighted by Crippen LogP contribution is 2.15. The van der Waals surface area contributed by atoms with Crippen LogP contribution < -0.4 is 5.73 Å². The highest BCUT2D eigenvalue weighted by molar-refractivity contribution is 5.85. The highest BCUT2D eigenvalue weighted by Gasteiger charge is 2.17. The van der Waals surface area contributed by atoms with Crippen LogP contribution in [0.15, 0.2) is 0 Å². The zero-order valence-corrected chi connectivity index (χ0v) is 6.96. The predicted molar refractivity (Wildman–Crippen MR) is 43.5 cm³/mol. The molecule has 9 heavy (non-hydrogen) atoms. The van der Waals surface area contributed by atoms with Crippen molar-refractivity contribution >= 4 is 12.4 Å². The van der Waals surface area contributed by atoms with Crippen LogP contribution in [0.25, 0.3) is 0 Å². The fourth-order valence-corrected chi connectivity index (χ4v) is 0.250. The summed E-state index contributed by atoms with van der Waals surface area (Å²) in [5.74, 6) is 2.48. The fraction of sp³-hybridized carbons (Fsp3) is 0.714. The van der Waals surface area contributed by atoms with Gasteiger partial charge in [0.15, 0.2) is 0 Å². The van der Waals surface area contributed by atoms with E-state index in [0.29, 0.717) is 0 Å². The quantitative estimate of drug-likeness (QED) is 0.516. The van der Waals surface area contributed by atoms with Crippen molar-refractivity contribution in [3.8, 4) is 12.3 Å².